The summed E-state index contributed by atoms with van der Waals surface area (Å²) in [6.07, 6.45) is 3.30. The Morgan fingerprint density at radius 2 is 2.09 bits per heavy atom. The molecule has 5 heteroatoms. The zero-order chi connectivity index (χ0) is 16.3. The van der Waals surface area contributed by atoms with E-state index in [0.717, 1.165) is 25.0 Å². The minimum absolute atomic E-state index is 0.00731. The molecule has 2 amide bonds. The average molecular weight is 306 g/mol. The second-order valence-corrected chi connectivity index (χ2v) is 6.18. The molecule has 22 heavy (non-hydrogen) atoms. The van der Waals surface area contributed by atoms with Crippen LogP contribution in [-0.2, 0) is 4.79 Å². The van der Waals surface area contributed by atoms with E-state index in [4.69, 9.17) is 4.42 Å². The van der Waals surface area contributed by atoms with E-state index in [0.29, 0.717) is 24.3 Å². The number of amides is 2. The number of rotatable bonds is 7. The summed E-state index contributed by atoms with van der Waals surface area (Å²) in [6, 6.07) is 2.24. The Labute approximate surface area is 132 Å². The molecule has 1 N–H and O–H groups in total. The molecule has 1 heterocycles. The first-order valence-electron chi connectivity index (χ1n) is 8.09. The van der Waals surface area contributed by atoms with Crippen LogP contribution in [0.4, 0.5) is 0 Å². The second kappa shape index (κ2) is 6.99. The lowest BCUT2D eigenvalue weighted by Crippen LogP contribution is -2.38. The van der Waals surface area contributed by atoms with E-state index in [-0.39, 0.29) is 23.9 Å². The number of carbonyl (C=O) groups is 2. The molecule has 5 nitrogen and oxygen atoms in total. The zero-order valence-electron chi connectivity index (χ0n) is 13.9. The summed E-state index contributed by atoms with van der Waals surface area (Å²) in [5, 5.41) is 2.94. The van der Waals surface area contributed by atoms with E-state index < -0.39 is 0 Å². The molecular weight excluding hydrogens is 280 g/mol. The van der Waals surface area contributed by atoms with Crippen LogP contribution in [0, 0.1) is 13.8 Å². The lowest BCUT2D eigenvalue weighted by atomic mass is 10.2. The van der Waals surface area contributed by atoms with Crippen molar-refractivity contribution in [2.24, 2.45) is 0 Å². The topological polar surface area (TPSA) is 62.6 Å². The highest BCUT2D eigenvalue weighted by molar-refractivity contribution is 5.96. The van der Waals surface area contributed by atoms with Gasteiger partial charge in [0, 0.05) is 25.0 Å². The summed E-state index contributed by atoms with van der Waals surface area (Å²) in [5.41, 5.74) is 0.617. The third-order valence-electron chi connectivity index (χ3n) is 4.12. The Balaban J connectivity index is 1.97. The lowest BCUT2D eigenvalue weighted by molar-refractivity contribution is -0.121. The fourth-order valence-electron chi connectivity index (χ4n) is 2.51. The van der Waals surface area contributed by atoms with E-state index in [1.807, 2.05) is 25.7 Å². The van der Waals surface area contributed by atoms with Gasteiger partial charge in [-0.3, -0.25) is 9.59 Å². The van der Waals surface area contributed by atoms with Gasteiger partial charge in [0.15, 0.2) is 0 Å². The van der Waals surface area contributed by atoms with Gasteiger partial charge in [0.1, 0.15) is 11.5 Å². The van der Waals surface area contributed by atoms with Crippen LogP contribution in [0.15, 0.2) is 10.5 Å². The largest absolute Gasteiger partial charge is 0.466 e. The molecule has 2 rings (SSSR count). The van der Waals surface area contributed by atoms with E-state index in [9.17, 15) is 9.59 Å². The SMILES string of the molecule is CC[C@@H](C)NC(=O)CCN(C(=O)c1cc(C)oc1C)C1CC1. The molecule has 1 aromatic rings. The summed E-state index contributed by atoms with van der Waals surface area (Å²) >= 11 is 0. The van der Waals surface area contributed by atoms with Crippen LogP contribution >= 0.6 is 0 Å². The molecule has 0 bridgehead atoms. The molecule has 1 aromatic heterocycles. The molecule has 122 valence electrons. The van der Waals surface area contributed by atoms with Gasteiger partial charge in [-0.25, -0.2) is 0 Å². The van der Waals surface area contributed by atoms with Crippen molar-refractivity contribution in [2.45, 2.75) is 65.5 Å². The van der Waals surface area contributed by atoms with Gasteiger partial charge in [-0.15, -0.1) is 0 Å². The third kappa shape index (κ3) is 4.12. The number of nitrogens with zero attached hydrogens (tertiary/aromatic N) is 1. The van der Waals surface area contributed by atoms with Crippen molar-refractivity contribution in [1.82, 2.24) is 10.2 Å². The summed E-state index contributed by atoms with van der Waals surface area (Å²) < 4.78 is 5.45. The second-order valence-electron chi connectivity index (χ2n) is 6.18. The fourth-order valence-corrected chi connectivity index (χ4v) is 2.51. The summed E-state index contributed by atoms with van der Waals surface area (Å²) in [4.78, 5) is 26.4. The Hall–Kier alpha value is -1.78. The summed E-state index contributed by atoms with van der Waals surface area (Å²) in [6.45, 7) is 8.13. The standard InChI is InChI=1S/C17H26N2O3/c1-5-11(2)18-16(20)8-9-19(14-6-7-14)17(21)15-10-12(3)22-13(15)4/h10-11,14H,5-9H2,1-4H3,(H,18,20)/t11-/m1/s1. The predicted octanol–water partition coefficient (Wildman–Crippen LogP) is 2.81. The van der Waals surface area contributed by atoms with Crippen LogP contribution in [0.5, 0.6) is 0 Å². The average Bonchev–Trinajstić information content (AvgIpc) is 3.23. The molecular formula is C17H26N2O3. The molecule has 1 saturated carbocycles. The van der Waals surface area contributed by atoms with Gasteiger partial charge in [0.05, 0.1) is 5.56 Å². The van der Waals surface area contributed by atoms with E-state index in [1.165, 1.54) is 0 Å². The van der Waals surface area contributed by atoms with Crippen LogP contribution in [0.25, 0.3) is 0 Å². The van der Waals surface area contributed by atoms with Gasteiger partial charge >= 0.3 is 0 Å². The van der Waals surface area contributed by atoms with E-state index >= 15 is 0 Å². The third-order valence-corrected chi connectivity index (χ3v) is 4.12. The van der Waals surface area contributed by atoms with Crippen LogP contribution in [0.1, 0.15) is 61.4 Å². The number of carbonyl (C=O) groups excluding carboxylic acids is 2. The minimum Gasteiger partial charge on any atom is -0.466 e. The van der Waals surface area contributed by atoms with Crippen LogP contribution < -0.4 is 5.32 Å². The first-order valence-corrected chi connectivity index (χ1v) is 8.09. The lowest BCUT2D eigenvalue weighted by Gasteiger charge is -2.22. The zero-order valence-corrected chi connectivity index (χ0v) is 13.9. The van der Waals surface area contributed by atoms with Gasteiger partial charge in [-0.2, -0.15) is 0 Å². The van der Waals surface area contributed by atoms with E-state index in [2.05, 4.69) is 5.32 Å². The number of hydrogen-bond acceptors (Lipinski definition) is 3. The Bertz CT molecular complexity index is 546. The molecule has 1 aliphatic rings. The van der Waals surface area contributed by atoms with Gasteiger partial charge in [-0.1, -0.05) is 6.92 Å². The summed E-state index contributed by atoms with van der Waals surface area (Å²) in [5.74, 6) is 1.38. The van der Waals surface area contributed by atoms with Crippen molar-refractivity contribution in [2.75, 3.05) is 6.54 Å². The molecule has 0 unspecified atom stereocenters. The first-order chi connectivity index (χ1) is 10.4. The minimum atomic E-state index is -0.0202. The van der Waals surface area contributed by atoms with Crippen molar-refractivity contribution in [1.29, 1.82) is 0 Å². The van der Waals surface area contributed by atoms with Gasteiger partial charge in [-0.05, 0) is 46.1 Å². The van der Waals surface area contributed by atoms with Crippen LogP contribution in [-0.4, -0.2) is 35.3 Å². The molecule has 0 spiro atoms. The Morgan fingerprint density at radius 3 is 2.59 bits per heavy atom. The van der Waals surface area contributed by atoms with E-state index in [1.54, 1.807) is 13.0 Å². The maximum Gasteiger partial charge on any atom is 0.257 e. The van der Waals surface area contributed by atoms with Crippen LogP contribution in [0.2, 0.25) is 0 Å². The highest BCUT2D eigenvalue weighted by atomic mass is 16.3. The normalized spacial score (nSPS) is 15.5. The Morgan fingerprint density at radius 1 is 1.41 bits per heavy atom. The molecule has 1 fully saturated rings. The first kappa shape index (κ1) is 16.6. The number of furan rings is 1. The fraction of sp³-hybridized carbons (Fsp3) is 0.647. The van der Waals surface area contributed by atoms with Gasteiger partial charge < -0.3 is 14.6 Å². The number of nitrogens with one attached hydrogen (secondary N) is 1. The van der Waals surface area contributed by atoms with Crippen molar-refractivity contribution in [3.05, 3.63) is 23.2 Å². The van der Waals surface area contributed by atoms with Crippen molar-refractivity contribution in [3.63, 3.8) is 0 Å². The van der Waals surface area contributed by atoms with Crippen molar-refractivity contribution < 1.29 is 14.0 Å². The van der Waals surface area contributed by atoms with Gasteiger partial charge in [0.25, 0.3) is 5.91 Å². The predicted molar refractivity (Wildman–Crippen MR) is 84.8 cm³/mol. The van der Waals surface area contributed by atoms with Crippen molar-refractivity contribution >= 4 is 11.8 Å². The maximum absolute atomic E-state index is 12.7. The summed E-state index contributed by atoms with van der Waals surface area (Å²) in [7, 11) is 0. The molecule has 1 aliphatic carbocycles. The maximum atomic E-state index is 12.7. The Kier molecular flexibility index (Phi) is 5.27. The molecule has 1 atom stereocenters. The monoisotopic (exact) mass is 306 g/mol. The highest BCUT2D eigenvalue weighted by Gasteiger charge is 2.34. The highest BCUT2D eigenvalue weighted by Crippen LogP contribution is 2.29. The molecule has 0 aromatic carbocycles. The molecule has 0 radical (unpaired) electrons. The van der Waals surface area contributed by atoms with Crippen LogP contribution in [0.3, 0.4) is 0 Å². The quantitative estimate of drug-likeness (QED) is 0.842. The number of hydrogen-bond donors (Lipinski definition) is 1. The van der Waals surface area contributed by atoms with Crippen molar-refractivity contribution in [3.8, 4) is 0 Å². The number of aryl methyl sites for hydroxylation is 2. The van der Waals surface area contributed by atoms with Gasteiger partial charge in [0.2, 0.25) is 5.91 Å². The molecule has 0 saturated heterocycles. The molecule has 0 aliphatic heterocycles. The smallest absolute Gasteiger partial charge is 0.257 e.